The summed E-state index contributed by atoms with van der Waals surface area (Å²) in [5, 5.41) is 12.1. The standard InChI is InChI=1S/C20H20ClNO6/c1-13(27-19(25)15-5-3-2-4-6-15)28-20(26)22-12-16(11-18(23)24)14-7-9-17(21)10-8-14/h2-10,13,16H,11-12H2,1H3,(H,22,26)(H,23,24)/t13?,16-/m0/s1. The van der Waals surface area contributed by atoms with Gasteiger partial charge >= 0.3 is 18.0 Å². The number of alkyl carbamates (subject to hydrolysis) is 1. The third kappa shape index (κ3) is 6.92. The molecular formula is C20H20ClNO6. The Bertz CT molecular complexity index is 809. The van der Waals surface area contributed by atoms with E-state index in [1.54, 1.807) is 54.6 Å². The average Bonchev–Trinajstić information content (AvgIpc) is 2.66. The Balaban J connectivity index is 1.87. The summed E-state index contributed by atoms with van der Waals surface area (Å²) in [6, 6.07) is 15.0. The lowest BCUT2D eigenvalue weighted by molar-refractivity contribution is -0.137. The number of hydrogen-bond acceptors (Lipinski definition) is 5. The molecule has 0 radical (unpaired) electrons. The topological polar surface area (TPSA) is 102 Å². The molecule has 2 aromatic rings. The van der Waals surface area contributed by atoms with Crippen LogP contribution in [0, 0.1) is 0 Å². The Kier molecular flexibility index (Phi) is 7.83. The molecule has 1 unspecified atom stereocenters. The molecule has 0 fully saturated rings. The lowest BCUT2D eigenvalue weighted by Gasteiger charge is -2.18. The molecule has 2 rings (SSSR count). The largest absolute Gasteiger partial charge is 0.481 e. The number of benzene rings is 2. The maximum atomic E-state index is 12.0. The first-order chi connectivity index (χ1) is 13.3. The highest BCUT2D eigenvalue weighted by atomic mass is 35.5. The quantitative estimate of drug-likeness (QED) is 0.511. The summed E-state index contributed by atoms with van der Waals surface area (Å²) in [4.78, 5) is 35.0. The number of amides is 1. The zero-order valence-corrected chi connectivity index (χ0v) is 15.9. The van der Waals surface area contributed by atoms with Gasteiger partial charge < -0.3 is 19.9 Å². The number of aliphatic carboxylic acids is 1. The van der Waals surface area contributed by atoms with Crippen molar-refractivity contribution in [1.82, 2.24) is 5.32 Å². The highest BCUT2D eigenvalue weighted by molar-refractivity contribution is 6.30. The van der Waals surface area contributed by atoms with E-state index in [0.717, 1.165) is 5.56 Å². The summed E-state index contributed by atoms with van der Waals surface area (Å²) in [7, 11) is 0. The minimum absolute atomic E-state index is 0.0338. The number of rotatable bonds is 8. The third-order valence-electron chi connectivity index (χ3n) is 3.81. The molecule has 0 saturated heterocycles. The molecule has 1 amide bonds. The van der Waals surface area contributed by atoms with Gasteiger partial charge in [-0.05, 0) is 29.8 Å². The number of carboxylic acids is 1. The number of carbonyl (C=O) groups excluding carboxylic acids is 2. The lowest BCUT2D eigenvalue weighted by Crippen LogP contribution is -2.33. The van der Waals surface area contributed by atoms with Crippen LogP contribution in [0.3, 0.4) is 0 Å². The summed E-state index contributed by atoms with van der Waals surface area (Å²) in [5.74, 6) is -2.09. The molecular weight excluding hydrogens is 386 g/mol. The summed E-state index contributed by atoms with van der Waals surface area (Å²) in [5.41, 5.74) is 1.05. The number of nitrogens with one attached hydrogen (secondary N) is 1. The zero-order valence-electron chi connectivity index (χ0n) is 15.1. The van der Waals surface area contributed by atoms with Crippen molar-refractivity contribution in [1.29, 1.82) is 0 Å². The minimum Gasteiger partial charge on any atom is -0.481 e. The van der Waals surface area contributed by atoms with E-state index < -0.39 is 30.2 Å². The molecule has 8 heteroatoms. The van der Waals surface area contributed by atoms with Gasteiger partial charge in [0.1, 0.15) is 0 Å². The number of halogens is 1. The van der Waals surface area contributed by atoms with Crippen LogP contribution in [-0.2, 0) is 14.3 Å². The Morgan fingerprint density at radius 1 is 1.04 bits per heavy atom. The number of hydrogen-bond donors (Lipinski definition) is 2. The van der Waals surface area contributed by atoms with Crippen molar-refractivity contribution >= 4 is 29.6 Å². The van der Waals surface area contributed by atoms with Gasteiger partial charge in [-0.2, -0.15) is 0 Å². The van der Waals surface area contributed by atoms with Crippen LogP contribution in [0.2, 0.25) is 5.02 Å². The summed E-state index contributed by atoms with van der Waals surface area (Å²) >= 11 is 5.85. The van der Waals surface area contributed by atoms with Crippen LogP contribution in [0.1, 0.15) is 35.2 Å². The predicted octanol–water partition coefficient (Wildman–Crippen LogP) is 3.83. The van der Waals surface area contributed by atoms with Gasteiger partial charge in [0, 0.05) is 24.4 Å². The van der Waals surface area contributed by atoms with Crippen LogP contribution in [0.15, 0.2) is 54.6 Å². The van der Waals surface area contributed by atoms with Gasteiger partial charge in [0.05, 0.1) is 12.0 Å². The maximum absolute atomic E-state index is 12.0. The van der Waals surface area contributed by atoms with Crippen molar-refractivity contribution in [3.63, 3.8) is 0 Å². The Labute approximate surface area is 167 Å². The number of esters is 1. The van der Waals surface area contributed by atoms with Gasteiger partial charge in [-0.15, -0.1) is 0 Å². The molecule has 0 aromatic heterocycles. The fraction of sp³-hybridized carbons (Fsp3) is 0.250. The van der Waals surface area contributed by atoms with Crippen LogP contribution >= 0.6 is 11.6 Å². The van der Waals surface area contributed by atoms with Crippen molar-refractivity contribution in [3.8, 4) is 0 Å². The third-order valence-corrected chi connectivity index (χ3v) is 4.06. The van der Waals surface area contributed by atoms with E-state index in [9.17, 15) is 14.4 Å². The number of carbonyl (C=O) groups is 3. The van der Waals surface area contributed by atoms with E-state index >= 15 is 0 Å². The smallest absolute Gasteiger partial charge is 0.410 e. The summed E-state index contributed by atoms with van der Waals surface area (Å²) in [6.07, 6.45) is -2.11. The van der Waals surface area contributed by atoms with Crippen molar-refractivity contribution < 1.29 is 29.0 Å². The van der Waals surface area contributed by atoms with Crippen molar-refractivity contribution in [2.24, 2.45) is 0 Å². The van der Waals surface area contributed by atoms with Crippen LogP contribution in [0.4, 0.5) is 4.79 Å². The number of carboxylic acid groups (broad SMARTS) is 1. The molecule has 0 spiro atoms. The van der Waals surface area contributed by atoms with Crippen LogP contribution in [0.5, 0.6) is 0 Å². The first-order valence-corrected chi connectivity index (χ1v) is 8.90. The molecule has 0 aliphatic carbocycles. The van der Waals surface area contributed by atoms with E-state index in [2.05, 4.69) is 5.32 Å². The van der Waals surface area contributed by atoms with E-state index in [4.69, 9.17) is 26.2 Å². The highest BCUT2D eigenvalue weighted by Crippen LogP contribution is 2.21. The van der Waals surface area contributed by atoms with Gasteiger partial charge in [-0.1, -0.05) is 41.9 Å². The highest BCUT2D eigenvalue weighted by Gasteiger charge is 2.19. The van der Waals surface area contributed by atoms with Crippen LogP contribution in [-0.4, -0.2) is 36.0 Å². The maximum Gasteiger partial charge on any atom is 0.410 e. The van der Waals surface area contributed by atoms with Crippen LogP contribution in [0.25, 0.3) is 0 Å². The molecule has 0 aliphatic heterocycles. The Morgan fingerprint density at radius 2 is 1.68 bits per heavy atom. The van der Waals surface area contributed by atoms with Gasteiger partial charge in [-0.25, -0.2) is 9.59 Å². The van der Waals surface area contributed by atoms with Crippen molar-refractivity contribution in [2.75, 3.05) is 6.54 Å². The van der Waals surface area contributed by atoms with Gasteiger partial charge in [-0.3, -0.25) is 4.79 Å². The summed E-state index contributed by atoms with van der Waals surface area (Å²) in [6.45, 7) is 1.44. The van der Waals surface area contributed by atoms with E-state index in [-0.39, 0.29) is 13.0 Å². The van der Waals surface area contributed by atoms with Crippen LogP contribution < -0.4 is 5.32 Å². The molecule has 0 aliphatic rings. The van der Waals surface area contributed by atoms with E-state index in [0.29, 0.717) is 10.6 Å². The molecule has 0 heterocycles. The van der Waals surface area contributed by atoms with E-state index in [1.165, 1.54) is 6.92 Å². The second-order valence-corrected chi connectivity index (χ2v) is 6.41. The SMILES string of the molecule is CC(OC(=O)NC[C@H](CC(=O)O)c1ccc(Cl)cc1)OC(=O)c1ccccc1. The molecule has 0 saturated carbocycles. The molecule has 2 atom stereocenters. The van der Waals surface area contributed by atoms with Gasteiger partial charge in [0.25, 0.3) is 0 Å². The number of ether oxygens (including phenoxy) is 2. The molecule has 148 valence electrons. The normalized spacial score (nSPS) is 12.5. The molecule has 2 N–H and O–H groups in total. The molecule has 7 nitrogen and oxygen atoms in total. The molecule has 0 bridgehead atoms. The fourth-order valence-corrected chi connectivity index (χ4v) is 2.60. The second kappa shape index (κ2) is 10.3. The predicted molar refractivity (Wildman–Crippen MR) is 102 cm³/mol. The van der Waals surface area contributed by atoms with Gasteiger partial charge in [0.2, 0.25) is 6.29 Å². The minimum atomic E-state index is -1.11. The Morgan fingerprint density at radius 3 is 2.29 bits per heavy atom. The molecule has 2 aromatic carbocycles. The van der Waals surface area contributed by atoms with E-state index in [1.807, 2.05) is 0 Å². The monoisotopic (exact) mass is 405 g/mol. The van der Waals surface area contributed by atoms with Crippen molar-refractivity contribution in [2.45, 2.75) is 25.6 Å². The fourth-order valence-electron chi connectivity index (χ4n) is 2.47. The first-order valence-electron chi connectivity index (χ1n) is 8.53. The second-order valence-electron chi connectivity index (χ2n) is 5.97. The van der Waals surface area contributed by atoms with Crippen molar-refractivity contribution in [3.05, 3.63) is 70.7 Å². The summed E-state index contributed by atoms with van der Waals surface area (Å²) < 4.78 is 10.0. The average molecular weight is 406 g/mol. The zero-order chi connectivity index (χ0) is 20.5. The van der Waals surface area contributed by atoms with Gasteiger partial charge in [0.15, 0.2) is 0 Å². The molecule has 28 heavy (non-hydrogen) atoms. The first kappa shape index (κ1) is 21.2. The lowest BCUT2D eigenvalue weighted by atomic mass is 9.96. The Hall–Kier alpha value is -3.06.